The van der Waals surface area contributed by atoms with Gasteiger partial charge in [-0.15, -0.1) is 0 Å². The standard InChI is InChI=1S/C16H15ClN2O2/c1-10(20)12-6-13(17)8-16(7-12)19-15-5-3-4-14(9-15)18-11(2)21/h3-9,19H,1-2H3,(H,18,21). The van der Waals surface area contributed by atoms with Crippen LogP contribution in [0, 0.1) is 0 Å². The Morgan fingerprint density at radius 1 is 0.952 bits per heavy atom. The van der Waals surface area contributed by atoms with Crippen molar-refractivity contribution >= 4 is 40.4 Å². The minimum Gasteiger partial charge on any atom is -0.355 e. The lowest BCUT2D eigenvalue weighted by Gasteiger charge is -2.10. The predicted molar refractivity (Wildman–Crippen MR) is 85.5 cm³/mol. The van der Waals surface area contributed by atoms with Crippen LogP contribution >= 0.6 is 11.6 Å². The average Bonchev–Trinajstić information content (AvgIpc) is 2.37. The van der Waals surface area contributed by atoms with Gasteiger partial charge in [-0.1, -0.05) is 17.7 Å². The third-order valence-corrected chi connectivity index (χ3v) is 2.99. The molecular weight excluding hydrogens is 288 g/mol. The van der Waals surface area contributed by atoms with E-state index in [0.29, 0.717) is 22.0 Å². The molecule has 2 aromatic rings. The van der Waals surface area contributed by atoms with E-state index in [1.54, 1.807) is 30.3 Å². The number of rotatable bonds is 4. The minimum absolute atomic E-state index is 0.0486. The summed E-state index contributed by atoms with van der Waals surface area (Å²) < 4.78 is 0. The molecule has 0 aliphatic carbocycles. The number of amides is 1. The number of anilines is 3. The van der Waals surface area contributed by atoms with Gasteiger partial charge in [-0.25, -0.2) is 0 Å². The van der Waals surface area contributed by atoms with Gasteiger partial charge in [0.05, 0.1) is 0 Å². The molecule has 4 nitrogen and oxygen atoms in total. The maximum Gasteiger partial charge on any atom is 0.221 e. The number of hydrogen-bond donors (Lipinski definition) is 2. The average molecular weight is 303 g/mol. The Labute approximate surface area is 128 Å². The molecule has 0 saturated carbocycles. The Balaban J connectivity index is 2.25. The zero-order valence-corrected chi connectivity index (χ0v) is 12.5. The van der Waals surface area contributed by atoms with Crippen molar-refractivity contribution in [2.75, 3.05) is 10.6 Å². The molecule has 2 rings (SSSR count). The Morgan fingerprint density at radius 2 is 1.67 bits per heavy atom. The van der Waals surface area contributed by atoms with Crippen LogP contribution < -0.4 is 10.6 Å². The molecule has 0 atom stereocenters. The normalized spacial score (nSPS) is 10.0. The first kappa shape index (κ1) is 15.1. The van der Waals surface area contributed by atoms with Crippen LogP contribution in [0.25, 0.3) is 0 Å². The van der Waals surface area contributed by atoms with Gasteiger partial charge in [0.25, 0.3) is 0 Å². The third kappa shape index (κ3) is 4.33. The van der Waals surface area contributed by atoms with Gasteiger partial charge >= 0.3 is 0 Å². The van der Waals surface area contributed by atoms with Gasteiger partial charge in [-0.05, 0) is 43.3 Å². The van der Waals surface area contributed by atoms with E-state index in [9.17, 15) is 9.59 Å². The molecule has 0 radical (unpaired) electrons. The van der Waals surface area contributed by atoms with Crippen molar-refractivity contribution in [1.82, 2.24) is 0 Å². The Hall–Kier alpha value is -2.33. The lowest BCUT2D eigenvalue weighted by molar-refractivity contribution is -0.114. The summed E-state index contributed by atoms with van der Waals surface area (Å²) in [6.45, 7) is 2.95. The maximum absolute atomic E-state index is 11.4. The molecule has 0 saturated heterocycles. The Bertz CT molecular complexity index is 698. The smallest absolute Gasteiger partial charge is 0.221 e. The van der Waals surface area contributed by atoms with Crippen LogP contribution in [0.1, 0.15) is 24.2 Å². The zero-order valence-electron chi connectivity index (χ0n) is 11.7. The van der Waals surface area contributed by atoms with Crippen LogP contribution in [-0.4, -0.2) is 11.7 Å². The highest BCUT2D eigenvalue weighted by atomic mass is 35.5. The van der Waals surface area contributed by atoms with Crippen molar-refractivity contribution in [1.29, 1.82) is 0 Å². The molecule has 0 bridgehead atoms. The topological polar surface area (TPSA) is 58.2 Å². The van der Waals surface area contributed by atoms with Crippen LogP contribution in [0.4, 0.5) is 17.1 Å². The molecule has 2 aromatic carbocycles. The van der Waals surface area contributed by atoms with E-state index in [1.165, 1.54) is 13.8 Å². The molecule has 0 spiro atoms. The monoisotopic (exact) mass is 302 g/mol. The molecule has 2 N–H and O–H groups in total. The quantitative estimate of drug-likeness (QED) is 0.830. The summed E-state index contributed by atoms with van der Waals surface area (Å²) in [7, 11) is 0. The molecule has 108 valence electrons. The highest BCUT2D eigenvalue weighted by molar-refractivity contribution is 6.31. The molecule has 5 heteroatoms. The minimum atomic E-state index is -0.131. The first-order valence-electron chi connectivity index (χ1n) is 6.40. The van der Waals surface area contributed by atoms with E-state index in [4.69, 9.17) is 11.6 Å². The largest absolute Gasteiger partial charge is 0.355 e. The van der Waals surface area contributed by atoms with E-state index in [0.717, 1.165) is 5.69 Å². The van der Waals surface area contributed by atoms with Crippen LogP contribution in [0.5, 0.6) is 0 Å². The fourth-order valence-electron chi connectivity index (χ4n) is 1.91. The molecule has 0 heterocycles. The van der Waals surface area contributed by atoms with Crippen LogP contribution in [-0.2, 0) is 4.79 Å². The molecule has 0 aromatic heterocycles. The second-order valence-corrected chi connectivity index (χ2v) is 5.11. The van der Waals surface area contributed by atoms with Gasteiger partial charge in [-0.2, -0.15) is 0 Å². The molecular formula is C16H15ClN2O2. The summed E-state index contributed by atoms with van der Waals surface area (Å²) >= 11 is 6.01. The first-order valence-corrected chi connectivity index (χ1v) is 6.78. The first-order chi connectivity index (χ1) is 9.94. The number of ketones is 1. The van der Waals surface area contributed by atoms with Crippen molar-refractivity contribution in [2.24, 2.45) is 0 Å². The number of carbonyl (C=O) groups excluding carboxylic acids is 2. The summed E-state index contributed by atoms with van der Waals surface area (Å²) in [5.74, 6) is -0.179. The Kier molecular flexibility index (Phi) is 4.60. The zero-order chi connectivity index (χ0) is 15.4. The lowest BCUT2D eigenvalue weighted by Crippen LogP contribution is -2.05. The van der Waals surface area contributed by atoms with Crippen LogP contribution in [0.2, 0.25) is 5.02 Å². The highest BCUT2D eigenvalue weighted by Crippen LogP contribution is 2.24. The van der Waals surface area contributed by atoms with E-state index in [1.807, 2.05) is 12.1 Å². The van der Waals surface area contributed by atoms with Crippen molar-refractivity contribution in [3.05, 3.63) is 53.1 Å². The van der Waals surface area contributed by atoms with E-state index in [-0.39, 0.29) is 11.7 Å². The third-order valence-electron chi connectivity index (χ3n) is 2.78. The fourth-order valence-corrected chi connectivity index (χ4v) is 2.14. The second-order valence-electron chi connectivity index (χ2n) is 4.67. The van der Waals surface area contributed by atoms with Crippen molar-refractivity contribution in [3.63, 3.8) is 0 Å². The van der Waals surface area contributed by atoms with Crippen molar-refractivity contribution in [2.45, 2.75) is 13.8 Å². The van der Waals surface area contributed by atoms with Gasteiger partial charge in [0.15, 0.2) is 5.78 Å². The number of Topliss-reactive ketones (excluding diaryl/α,β-unsaturated/α-hetero) is 1. The molecule has 0 fully saturated rings. The SMILES string of the molecule is CC(=O)Nc1cccc(Nc2cc(Cl)cc(C(C)=O)c2)c1. The van der Waals surface area contributed by atoms with Crippen LogP contribution in [0.15, 0.2) is 42.5 Å². The molecule has 0 aliphatic rings. The summed E-state index contributed by atoms with van der Waals surface area (Å²) in [6, 6.07) is 12.4. The number of carbonyl (C=O) groups is 2. The van der Waals surface area contributed by atoms with Gasteiger partial charge in [0.1, 0.15) is 0 Å². The predicted octanol–water partition coefficient (Wildman–Crippen LogP) is 4.24. The van der Waals surface area contributed by atoms with Gasteiger partial charge in [0.2, 0.25) is 5.91 Å². The van der Waals surface area contributed by atoms with E-state index in [2.05, 4.69) is 10.6 Å². The lowest BCUT2D eigenvalue weighted by atomic mass is 10.1. The van der Waals surface area contributed by atoms with Crippen LogP contribution in [0.3, 0.4) is 0 Å². The summed E-state index contributed by atoms with van der Waals surface area (Å²) in [4.78, 5) is 22.5. The maximum atomic E-state index is 11.4. The molecule has 0 unspecified atom stereocenters. The van der Waals surface area contributed by atoms with Gasteiger partial charge < -0.3 is 10.6 Å². The van der Waals surface area contributed by atoms with E-state index < -0.39 is 0 Å². The fraction of sp³-hybridized carbons (Fsp3) is 0.125. The summed E-state index contributed by atoms with van der Waals surface area (Å²) in [5, 5.41) is 6.37. The number of halogens is 1. The van der Waals surface area contributed by atoms with Gasteiger partial charge in [0, 0.05) is 34.6 Å². The molecule has 0 aliphatic heterocycles. The number of nitrogens with one attached hydrogen (secondary N) is 2. The number of benzene rings is 2. The van der Waals surface area contributed by atoms with E-state index >= 15 is 0 Å². The summed E-state index contributed by atoms with van der Waals surface area (Å²) in [6.07, 6.45) is 0. The Morgan fingerprint density at radius 3 is 2.33 bits per heavy atom. The summed E-state index contributed by atoms with van der Waals surface area (Å²) in [5.41, 5.74) is 2.75. The second kappa shape index (κ2) is 6.41. The van der Waals surface area contributed by atoms with Gasteiger partial charge in [-0.3, -0.25) is 9.59 Å². The van der Waals surface area contributed by atoms with Crippen molar-refractivity contribution < 1.29 is 9.59 Å². The van der Waals surface area contributed by atoms with Crippen molar-refractivity contribution in [3.8, 4) is 0 Å². The highest BCUT2D eigenvalue weighted by Gasteiger charge is 2.05. The molecule has 21 heavy (non-hydrogen) atoms. The number of hydrogen-bond acceptors (Lipinski definition) is 3. The molecule has 1 amide bonds.